The Morgan fingerprint density at radius 1 is 1.00 bits per heavy atom. The van der Waals surface area contributed by atoms with Crippen LogP contribution in [0.15, 0.2) is 59.6 Å². The van der Waals surface area contributed by atoms with Crippen molar-refractivity contribution in [1.29, 1.82) is 0 Å². The van der Waals surface area contributed by atoms with Crippen molar-refractivity contribution in [2.24, 2.45) is 4.99 Å². The number of carbonyl (C=O) groups excluding carboxylic acids is 1. The predicted molar refractivity (Wildman–Crippen MR) is 107 cm³/mol. The summed E-state index contributed by atoms with van der Waals surface area (Å²) in [6, 6.07) is 18.6. The maximum absolute atomic E-state index is 11.8. The highest BCUT2D eigenvalue weighted by Gasteiger charge is 2.06. The van der Waals surface area contributed by atoms with E-state index in [1.165, 1.54) is 11.1 Å². The molecule has 5 nitrogen and oxygen atoms in total. The lowest BCUT2D eigenvalue weighted by Crippen LogP contribution is -2.43. The molecule has 5 heteroatoms. The van der Waals surface area contributed by atoms with Crippen LogP contribution in [0.25, 0.3) is 0 Å². The SMILES string of the molecule is Cc1cccc(CN=C(NCCc2ccccc2)NCC(=O)N(C)C)c1. The van der Waals surface area contributed by atoms with Crippen LogP contribution in [0.3, 0.4) is 0 Å². The van der Waals surface area contributed by atoms with Gasteiger partial charge in [-0.15, -0.1) is 0 Å². The fourth-order valence-corrected chi connectivity index (χ4v) is 2.44. The van der Waals surface area contributed by atoms with E-state index in [0.29, 0.717) is 12.5 Å². The molecule has 0 spiro atoms. The first-order valence-corrected chi connectivity index (χ1v) is 8.86. The second-order valence-corrected chi connectivity index (χ2v) is 6.46. The Hall–Kier alpha value is -2.82. The Morgan fingerprint density at radius 2 is 1.73 bits per heavy atom. The number of nitrogens with zero attached hydrogens (tertiary/aromatic N) is 2. The number of hydrogen-bond acceptors (Lipinski definition) is 2. The number of rotatable bonds is 7. The van der Waals surface area contributed by atoms with E-state index in [-0.39, 0.29) is 12.5 Å². The van der Waals surface area contributed by atoms with Gasteiger partial charge in [0.2, 0.25) is 5.91 Å². The molecule has 0 aliphatic rings. The van der Waals surface area contributed by atoms with Crippen molar-refractivity contribution in [2.45, 2.75) is 19.9 Å². The van der Waals surface area contributed by atoms with Crippen molar-refractivity contribution in [1.82, 2.24) is 15.5 Å². The summed E-state index contributed by atoms with van der Waals surface area (Å²) < 4.78 is 0. The van der Waals surface area contributed by atoms with E-state index in [1.807, 2.05) is 24.3 Å². The van der Waals surface area contributed by atoms with E-state index >= 15 is 0 Å². The average Bonchev–Trinajstić information content (AvgIpc) is 2.64. The molecule has 2 aromatic carbocycles. The maximum atomic E-state index is 11.8. The number of amides is 1. The molecule has 0 bridgehead atoms. The number of carbonyl (C=O) groups is 1. The average molecular weight is 352 g/mol. The van der Waals surface area contributed by atoms with Gasteiger partial charge in [0.25, 0.3) is 0 Å². The number of hydrogen-bond donors (Lipinski definition) is 2. The summed E-state index contributed by atoms with van der Waals surface area (Å²) in [6.07, 6.45) is 0.896. The van der Waals surface area contributed by atoms with Crippen LogP contribution in [-0.2, 0) is 17.8 Å². The maximum Gasteiger partial charge on any atom is 0.241 e. The zero-order valence-corrected chi connectivity index (χ0v) is 15.8. The smallest absolute Gasteiger partial charge is 0.241 e. The van der Waals surface area contributed by atoms with Crippen LogP contribution in [-0.4, -0.2) is 44.0 Å². The molecule has 0 heterocycles. The summed E-state index contributed by atoms with van der Waals surface area (Å²) in [6.45, 7) is 3.61. The standard InChI is InChI=1S/C21H28N4O/c1-17-8-7-11-19(14-17)15-23-21(24-16-20(26)25(2)3)22-13-12-18-9-5-4-6-10-18/h4-11,14H,12-13,15-16H2,1-3H3,(H2,22,23,24). The second-order valence-electron chi connectivity index (χ2n) is 6.46. The quantitative estimate of drug-likeness (QED) is 0.594. The first-order chi connectivity index (χ1) is 12.5. The molecule has 2 rings (SSSR count). The lowest BCUT2D eigenvalue weighted by molar-refractivity contribution is -0.127. The zero-order chi connectivity index (χ0) is 18.8. The van der Waals surface area contributed by atoms with Gasteiger partial charge in [0.05, 0.1) is 13.1 Å². The van der Waals surface area contributed by atoms with Gasteiger partial charge < -0.3 is 15.5 Å². The van der Waals surface area contributed by atoms with Gasteiger partial charge in [0.15, 0.2) is 5.96 Å². The largest absolute Gasteiger partial charge is 0.356 e. The number of nitrogens with one attached hydrogen (secondary N) is 2. The molecule has 2 N–H and O–H groups in total. The number of aliphatic imine (C=N–C) groups is 1. The molecule has 26 heavy (non-hydrogen) atoms. The molecular formula is C21H28N4O. The molecule has 0 saturated heterocycles. The van der Waals surface area contributed by atoms with Gasteiger partial charge >= 0.3 is 0 Å². The van der Waals surface area contributed by atoms with Crippen LogP contribution in [0.5, 0.6) is 0 Å². The highest BCUT2D eigenvalue weighted by molar-refractivity contribution is 5.86. The summed E-state index contributed by atoms with van der Waals surface area (Å²) in [5.41, 5.74) is 3.63. The summed E-state index contributed by atoms with van der Waals surface area (Å²) in [4.78, 5) is 18.0. The minimum atomic E-state index is 0.0121. The monoisotopic (exact) mass is 352 g/mol. The Kier molecular flexibility index (Phi) is 7.68. The molecule has 138 valence electrons. The molecule has 0 aliphatic carbocycles. The third kappa shape index (κ3) is 6.97. The summed E-state index contributed by atoms with van der Waals surface area (Å²) >= 11 is 0. The van der Waals surface area contributed by atoms with Crippen LogP contribution in [0.4, 0.5) is 0 Å². The Bertz CT molecular complexity index is 726. The fourth-order valence-electron chi connectivity index (χ4n) is 2.44. The van der Waals surface area contributed by atoms with Gasteiger partial charge in [0, 0.05) is 20.6 Å². The molecular weight excluding hydrogens is 324 g/mol. The Balaban J connectivity index is 1.95. The van der Waals surface area contributed by atoms with Gasteiger partial charge in [-0.25, -0.2) is 4.99 Å². The number of guanidine groups is 1. The normalized spacial score (nSPS) is 11.1. The van der Waals surface area contributed by atoms with Gasteiger partial charge in [-0.1, -0.05) is 60.2 Å². The Labute approximate surface area is 156 Å². The van der Waals surface area contributed by atoms with E-state index < -0.39 is 0 Å². The predicted octanol–water partition coefficient (Wildman–Crippen LogP) is 2.36. The molecule has 0 radical (unpaired) electrons. The van der Waals surface area contributed by atoms with Crippen LogP contribution in [0, 0.1) is 6.92 Å². The zero-order valence-electron chi connectivity index (χ0n) is 15.8. The fraction of sp³-hybridized carbons (Fsp3) is 0.333. The number of benzene rings is 2. The van der Waals surface area contributed by atoms with Crippen LogP contribution in [0.2, 0.25) is 0 Å². The van der Waals surface area contributed by atoms with E-state index in [9.17, 15) is 4.79 Å². The topological polar surface area (TPSA) is 56.7 Å². The summed E-state index contributed by atoms with van der Waals surface area (Å²) in [5.74, 6) is 0.663. The van der Waals surface area contributed by atoms with Crippen molar-refractivity contribution in [3.63, 3.8) is 0 Å². The van der Waals surface area contributed by atoms with Crippen molar-refractivity contribution in [3.05, 3.63) is 71.3 Å². The van der Waals surface area contributed by atoms with Crippen LogP contribution < -0.4 is 10.6 Å². The van der Waals surface area contributed by atoms with Crippen molar-refractivity contribution >= 4 is 11.9 Å². The lowest BCUT2D eigenvalue weighted by atomic mass is 10.1. The van der Waals surface area contributed by atoms with Gasteiger partial charge in [-0.3, -0.25) is 4.79 Å². The van der Waals surface area contributed by atoms with Gasteiger partial charge in [-0.05, 0) is 24.5 Å². The minimum absolute atomic E-state index is 0.0121. The van der Waals surface area contributed by atoms with Gasteiger partial charge in [-0.2, -0.15) is 0 Å². The molecule has 0 aliphatic heterocycles. The highest BCUT2D eigenvalue weighted by Crippen LogP contribution is 2.05. The van der Waals surface area contributed by atoms with Crippen molar-refractivity contribution < 1.29 is 4.79 Å². The van der Waals surface area contributed by atoms with E-state index in [4.69, 9.17) is 0 Å². The molecule has 0 aromatic heterocycles. The number of aryl methyl sites for hydroxylation is 1. The molecule has 1 amide bonds. The van der Waals surface area contributed by atoms with Crippen LogP contribution in [0.1, 0.15) is 16.7 Å². The third-order valence-electron chi connectivity index (χ3n) is 3.96. The van der Waals surface area contributed by atoms with E-state index in [1.54, 1.807) is 19.0 Å². The van der Waals surface area contributed by atoms with E-state index in [0.717, 1.165) is 18.5 Å². The molecule has 0 fully saturated rings. The first kappa shape index (κ1) is 19.5. The summed E-state index contributed by atoms with van der Waals surface area (Å²) in [7, 11) is 3.49. The third-order valence-corrected chi connectivity index (χ3v) is 3.96. The highest BCUT2D eigenvalue weighted by atomic mass is 16.2. The van der Waals surface area contributed by atoms with Crippen molar-refractivity contribution in [3.8, 4) is 0 Å². The second kappa shape index (κ2) is 10.2. The van der Waals surface area contributed by atoms with Gasteiger partial charge in [0.1, 0.15) is 0 Å². The molecule has 2 aromatic rings. The molecule has 0 unspecified atom stereocenters. The first-order valence-electron chi connectivity index (χ1n) is 8.86. The minimum Gasteiger partial charge on any atom is -0.356 e. The van der Waals surface area contributed by atoms with Crippen molar-refractivity contribution in [2.75, 3.05) is 27.2 Å². The van der Waals surface area contributed by atoms with Crippen LogP contribution >= 0.6 is 0 Å². The summed E-state index contributed by atoms with van der Waals surface area (Å²) in [5, 5.41) is 6.44. The van der Waals surface area contributed by atoms with E-state index in [2.05, 4.69) is 52.9 Å². The molecule has 0 saturated carbocycles. The molecule has 0 atom stereocenters. The Morgan fingerprint density at radius 3 is 2.42 bits per heavy atom. The number of likely N-dealkylation sites (N-methyl/N-ethyl adjacent to an activating group) is 1. The lowest BCUT2D eigenvalue weighted by Gasteiger charge is -2.15.